The summed E-state index contributed by atoms with van der Waals surface area (Å²) in [5.41, 5.74) is 1.29. The lowest BCUT2D eigenvalue weighted by molar-refractivity contribution is -0.384. The van der Waals surface area contributed by atoms with Gasteiger partial charge >= 0.3 is 0 Å². The van der Waals surface area contributed by atoms with E-state index in [0.29, 0.717) is 17.9 Å². The fourth-order valence-corrected chi connectivity index (χ4v) is 1.80. The van der Waals surface area contributed by atoms with Gasteiger partial charge in [0.1, 0.15) is 5.69 Å². The van der Waals surface area contributed by atoms with E-state index >= 15 is 0 Å². The van der Waals surface area contributed by atoms with Gasteiger partial charge in [-0.25, -0.2) is 0 Å². The van der Waals surface area contributed by atoms with Crippen molar-refractivity contribution in [3.05, 3.63) is 58.2 Å². The van der Waals surface area contributed by atoms with Crippen LogP contribution in [0.2, 0.25) is 0 Å². The fourth-order valence-electron chi connectivity index (χ4n) is 1.80. The molecule has 20 heavy (non-hydrogen) atoms. The highest BCUT2D eigenvalue weighted by Crippen LogP contribution is 2.28. The Morgan fingerprint density at radius 1 is 1.45 bits per heavy atom. The molecule has 0 N–H and O–H groups in total. The Kier molecular flexibility index (Phi) is 3.86. The second-order valence-electron chi connectivity index (χ2n) is 4.13. The van der Waals surface area contributed by atoms with Gasteiger partial charge in [-0.3, -0.25) is 20.1 Å². The van der Waals surface area contributed by atoms with Gasteiger partial charge in [-0.1, -0.05) is 0 Å². The Morgan fingerprint density at radius 2 is 2.25 bits per heavy atom. The topological polar surface area (TPSA) is 96.0 Å². The molecule has 0 fully saturated rings. The van der Waals surface area contributed by atoms with Crippen molar-refractivity contribution in [1.82, 2.24) is 9.97 Å². The van der Waals surface area contributed by atoms with Crippen LogP contribution in [0, 0.1) is 21.4 Å². The third-order valence-corrected chi connectivity index (χ3v) is 2.73. The zero-order chi connectivity index (χ0) is 14.5. The van der Waals surface area contributed by atoms with Crippen LogP contribution >= 0.6 is 0 Å². The Hall–Kier alpha value is -3.01. The van der Waals surface area contributed by atoms with Gasteiger partial charge in [0.2, 0.25) is 0 Å². The first-order chi connectivity index (χ1) is 9.61. The maximum Gasteiger partial charge on any atom is 0.293 e. The van der Waals surface area contributed by atoms with Crippen molar-refractivity contribution in [1.29, 1.82) is 5.26 Å². The number of nitro groups is 1. The number of hydrogen-bond acceptors (Lipinski definition) is 6. The molecule has 0 saturated carbocycles. The number of nitrogens with zero attached hydrogens (tertiary/aromatic N) is 5. The molecule has 2 rings (SSSR count). The van der Waals surface area contributed by atoms with Crippen LogP contribution in [0.1, 0.15) is 11.3 Å². The van der Waals surface area contributed by atoms with Crippen LogP contribution in [0.5, 0.6) is 0 Å². The molecule has 1 aromatic heterocycles. The van der Waals surface area contributed by atoms with E-state index in [-0.39, 0.29) is 11.3 Å². The van der Waals surface area contributed by atoms with Crippen molar-refractivity contribution in [3.8, 4) is 6.07 Å². The van der Waals surface area contributed by atoms with Crippen LogP contribution in [0.4, 0.5) is 11.4 Å². The second-order valence-corrected chi connectivity index (χ2v) is 4.13. The number of benzene rings is 1. The summed E-state index contributed by atoms with van der Waals surface area (Å²) in [6.45, 7) is 0.389. The summed E-state index contributed by atoms with van der Waals surface area (Å²) in [5, 5.41) is 19.9. The van der Waals surface area contributed by atoms with Gasteiger partial charge in [-0.15, -0.1) is 0 Å². The van der Waals surface area contributed by atoms with E-state index in [4.69, 9.17) is 5.26 Å². The Balaban J connectivity index is 2.32. The molecule has 0 spiro atoms. The van der Waals surface area contributed by atoms with Gasteiger partial charge in [0.25, 0.3) is 5.69 Å². The summed E-state index contributed by atoms with van der Waals surface area (Å²) in [6, 6.07) is 6.27. The van der Waals surface area contributed by atoms with Gasteiger partial charge < -0.3 is 4.90 Å². The number of aromatic nitrogens is 2. The molecule has 0 atom stereocenters. The lowest BCUT2D eigenvalue weighted by Crippen LogP contribution is -2.18. The first-order valence-electron chi connectivity index (χ1n) is 5.76. The Labute approximate surface area is 115 Å². The van der Waals surface area contributed by atoms with Crippen molar-refractivity contribution in [2.75, 3.05) is 11.9 Å². The average Bonchev–Trinajstić information content (AvgIpc) is 2.47. The minimum atomic E-state index is -0.497. The predicted octanol–water partition coefficient (Wildman–Crippen LogP) is 1.89. The standard InChI is InChI=1S/C13H11N5O2/c1-17(9-11-8-15-4-5-16-11)12-3-2-10(7-14)6-13(12)18(19)20/h2-6,8H,9H2,1H3. The second kappa shape index (κ2) is 5.75. The summed E-state index contributed by atoms with van der Waals surface area (Å²) in [7, 11) is 1.73. The highest BCUT2D eigenvalue weighted by Gasteiger charge is 2.18. The van der Waals surface area contributed by atoms with Gasteiger partial charge in [0, 0.05) is 25.5 Å². The van der Waals surface area contributed by atoms with Crippen molar-refractivity contribution in [3.63, 3.8) is 0 Å². The highest BCUT2D eigenvalue weighted by atomic mass is 16.6. The van der Waals surface area contributed by atoms with Gasteiger partial charge in [0.05, 0.1) is 35.0 Å². The van der Waals surface area contributed by atoms with Gasteiger partial charge in [-0.05, 0) is 12.1 Å². The predicted molar refractivity (Wildman–Crippen MR) is 72.0 cm³/mol. The molecule has 0 radical (unpaired) electrons. The van der Waals surface area contributed by atoms with Crippen LogP contribution in [-0.2, 0) is 6.54 Å². The molecule has 1 aromatic carbocycles. The molecule has 1 heterocycles. The summed E-state index contributed by atoms with van der Waals surface area (Å²) in [4.78, 5) is 20.4. The van der Waals surface area contributed by atoms with Crippen LogP contribution in [0.25, 0.3) is 0 Å². The summed E-state index contributed by atoms with van der Waals surface area (Å²) >= 11 is 0. The smallest absolute Gasteiger partial charge is 0.293 e. The minimum absolute atomic E-state index is 0.101. The Morgan fingerprint density at radius 3 is 2.85 bits per heavy atom. The van der Waals surface area contributed by atoms with E-state index in [2.05, 4.69) is 9.97 Å². The lowest BCUT2D eigenvalue weighted by atomic mass is 10.1. The summed E-state index contributed by atoms with van der Waals surface area (Å²) < 4.78 is 0. The Bertz CT molecular complexity index is 666. The molecular weight excluding hydrogens is 258 g/mol. The lowest BCUT2D eigenvalue weighted by Gasteiger charge is -2.18. The van der Waals surface area contributed by atoms with E-state index in [9.17, 15) is 10.1 Å². The van der Waals surface area contributed by atoms with Crippen molar-refractivity contribution in [2.24, 2.45) is 0 Å². The SMILES string of the molecule is CN(Cc1cnccn1)c1ccc(C#N)cc1[N+](=O)[O-]. The van der Waals surface area contributed by atoms with Crippen molar-refractivity contribution >= 4 is 11.4 Å². The molecule has 0 amide bonds. The molecule has 7 nitrogen and oxygen atoms in total. The molecule has 0 unspecified atom stereocenters. The molecule has 0 aliphatic rings. The highest BCUT2D eigenvalue weighted by molar-refractivity contribution is 5.65. The monoisotopic (exact) mass is 269 g/mol. The third kappa shape index (κ3) is 2.87. The first-order valence-corrected chi connectivity index (χ1v) is 5.76. The van der Waals surface area contributed by atoms with Crippen LogP contribution in [0.3, 0.4) is 0 Å². The minimum Gasteiger partial charge on any atom is -0.363 e. The molecule has 0 aliphatic heterocycles. The number of hydrogen-bond donors (Lipinski definition) is 0. The molecular formula is C13H11N5O2. The molecule has 0 saturated heterocycles. The first kappa shape index (κ1) is 13.4. The van der Waals surface area contributed by atoms with Crippen LogP contribution < -0.4 is 4.90 Å². The maximum absolute atomic E-state index is 11.1. The maximum atomic E-state index is 11.1. The summed E-state index contributed by atoms with van der Waals surface area (Å²) in [6.07, 6.45) is 4.73. The third-order valence-electron chi connectivity index (χ3n) is 2.73. The van der Waals surface area contributed by atoms with Gasteiger partial charge in [0.15, 0.2) is 0 Å². The van der Waals surface area contributed by atoms with Gasteiger partial charge in [-0.2, -0.15) is 5.26 Å². The molecule has 7 heteroatoms. The van der Waals surface area contributed by atoms with Crippen LogP contribution in [-0.4, -0.2) is 21.9 Å². The number of nitriles is 1. The molecule has 0 bridgehead atoms. The zero-order valence-corrected chi connectivity index (χ0v) is 10.7. The normalized spacial score (nSPS) is 9.80. The van der Waals surface area contributed by atoms with Crippen molar-refractivity contribution < 1.29 is 4.92 Å². The molecule has 2 aromatic rings. The van der Waals surface area contributed by atoms with Crippen molar-refractivity contribution in [2.45, 2.75) is 6.54 Å². The summed E-state index contributed by atoms with van der Waals surface area (Å²) in [5.74, 6) is 0. The number of rotatable bonds is 4. The fraction of sp³-hybridized carbons (Fsp3) is 0.154. The molecule has 100 valence electrons. The number of anilines is 1. The van der Waals surface area contributed by atoms with E-state index < -0.39 is 4.92 Å². The van der Waals surface area contributed by atoms with Crippen LogP contribution in [0.15, 0.2) is 36.8 Å². The van der Waals surface area contributed by atoms with E-state index in [1.54, 1.807) is 42.7 Å². The number of nitro benzene ring substituents is 1. The van der Waals surface area contributed by atoms with E-state index in [1.165, 1.54) is 6.07 Å². The quantitative estimate of drug-likeness (QED) is 0.621. The largest absolute Gasteiger partial charge is 0.363 e. The van der Waals surface area contributed by atoms with E-state index in [0.717, 1.165) is 0 Å². The average molecular weight is 269 g/mol. The molecule has 0 aliphatic carbocycles. The van der Waals surface area contributed by atoms with E-state index in [1.807, 2.05) is 6.07 Å². The zero-order valence-electron chi connectivity index (χ0n) is 10.7.